The van der Waals surface area contributed by atoms with Crippen LogP contribution in [0, 0.1) is 0 Å². The van der Waals surface area contributed by atoms with E-state index in [1.807, 2.05) is 36.4 Å². The van der Waals surface area contributed by atoms with Crippen molar-refractivity contribution in [1.82, 2.24) is 5.32 Å². The van der Waals surface area contributed by atoms with Gasteiger partial charge in [-0.15, -0.1) is 0 Å². The zero-order chi connectivity index (χ0) is 18.9. The van der Waals surface area contributed by atoms with E-state index in [2.05, 4.69) is 34.9 Å². The number of hydrogen-bond acceptors (Lipinski definition) is 4. The van der Waals surface area contributed by atoms with Crippen LogP contribution in [0.15, 0.2) is 66.7 Å². The van der Waals surface area contributed by atoms with Crippen LogP contribution in [-0.2, 0) is 4.79 Å². The molecular formula is C22H25N3O2. The van der Waals surface area contributed by atoms with E-state index in [4.69, 9.17) is 10.5 Å². The smallest absolute Gasteiger partial charge is 0.220 e. The standard InChI is InChI=1S/C22H25N3O2/c23-19-10-3-4-12-21(19)27-16-6-13-22(26)25-15-14-24-20-11-5-8-17-7-1-2-9-18(17)20/h1-5,7-12,24H,6,13-16,23H2,(H,25,26). The molecule has 0 atom stereocenters. The zero-order valence-corrected chi connectivity index (χ0v) is 15.3. The summed E-state index contributed by atoms with van der Waals surface area (Å²) in [5, 5.41) is 8.70. The summed E-state index contributed by atoms with van der Waals surface area (Å²) in [6.07, 6.45) is 1.08. The number of anilines is 2. The molecule has 5 heteroatoms. The SMILES string of the molecule is Nc1ccccc1OCCCC(=O)NCCNc1cccc2ccccc12. The van der Waals surface area contributed by atoms with Gasteiger partial charge in [0.15, 0.2) is 0 Å². The minimum Gasteiger partial charge on any atom is -0.491 e. The van der Waals surface area contributed by atoms with Gasteiger partial charge in [-0.05, 0) is 30.0 Å². The van der Waals surface area contributed by atoms with Gasteiger partial charge < -0.3 is 21.1 Å². The molecule has 0 aliphatic rings. The molecule has 3 aromatic rings. The number of hydrogen-bond donors (Lipinski definition) is 3. The Labute approximate surface area is 159 Å². The Kier molecular flexibility index (Phi) is 6.52. The number of ether oxygens (including phenoxy) is 1. The molecular weight excluding hydrogens is 338 g/mol. The molecule has 0 saturated carbocycles. The van der Waals surface area contributed by atoms with Crippen molar-refractivity contribution >= 4 is 28.1 Å². The largest absolute Gasteiger partial charge is 0.491 e. The first kappa shape index (κ1) is 18.6. The van der Waals surface area contributed by atoms with Gasteiger partial charge in [0.05, 0.1) is 12.3 Å². The number of nitrogen functional groups attached to an aromatic ring is 1. The maximum Gasteiger partial charge on any atom is 0.220 e. The molecule has 27 heavy (non-hydrogen) atoms. The number of para-hydroxylation sites is 2. The second-order valence-corrected chi connectivity index (χ2v) is 6.29. The van der Waals surface area contributed by atoms with Gasteiger partial charge in [-0.2, -0.15) is 0 Å². The topological polar surface area (TPSA) is 76.4 Å². The fourth-order valence-electron chi connectivity index (χ4n) is 2.89. The number of carbonyl (C=O) groups excluding carboxylic acids is 1. The average Bonchev–Trinajstić information content (AvgIpc) is 2.70. The fourth-order valence-corrected chi connectivity index (χ4v) is 2.89. The molecule has 0 radical (unpaired) electrons. The molecule has 0 aromatic heterocycles. The van der Waals surface area contributed by atoms with Gasteiger partial charge in [-0.3, -0.25) is 4.79 Å². The Bertz CT molecular complexity index is 890. The van der Waals surface area contributed by atoms with Crippen LogP contribution in [0.1, 0.15) is 12.8 Å². The number of carbonyl (C=O) groups is 1. The van der Waals surface area contributed by atoms with E-state index in [0.29, 0.717) is 44.0 Å². The highest BCUT2D eigenvalue weighted by molar-refractivity contribution is 5.93. The van der Waals surface area contributed by atoms with Gasteiger partial charge in [-0.25, -0.2) is 0 Å². The van der Waals surface area contributed by atoms with Crippen molar-refractivity contribution < 1.29 is 9.53 Å². The Morgan fingerprint density at radius 2 is 1.70 bits per heavy atom. The molecule has 0 heterocycles. The molecule has 0 bridgehead atoms. The van der Waals surface area contributed by atoms with Gasteiger partial charge in [0.1, 0.15) is 5.75 Å². The lowest BCUT2D eigenvalue weighted by Gasteiger charge is -2.11. The Hall–Kier alpha value is -3.21. The Balaban J connectivity index is 1.33. The van der Waals surface area contributed by atoms with Crippen LogP contribution in [0.2, 0.25) is 0 Å². The van der Waals surface area contributed by atoms with Crippen LogP contribution in [0.5, 0.6) is 5.75 Å². The number of fused-ring (bicyclic) bond motifs is 1. The minimum absolute atomic E-state index is 0.0272. The van der Waals surface area contributed by atoms with Crippen molar-refractivity contribution in [2.45, 2.75) is 12.8 Å². The van der Waals surface area contributed by atoms with E-state index in [1.165, 1.54) is 10.8 Å². The van der Waals surface area contributed by atoms with E-state index < -0.39 is 0 Å². The summed E-state index contributed by atoms with van der Waals surface area (Å²) in [5.74, 6) is 0.691. The van der Waals surface area contributed by atoms with E-state index in [9.17, 15) is 4.79 Å². The molecule has 140 valence electrons. The molecule has 0 fully saturated rings. The summed E-state index contributed by atoms with van der Waals surface area (Å²) in [7, 11) is 0. The van der Waals surface area contributed by atoms with Crippen LogP contribution in [-0.4, -0.2) is 25.6 Å². The maximum absolute atomic E-state index is 11.9. The van der Waals surface area contributed by atoms with E-state index >= 15 is 0 Å². The summed E-state index contributed by atoms with van der Waals surface area (Å²) in [4.78, 5) is 11.9. The third-order valence-corrected chi connectivity index (χ3v) is 4.28. The van der Waals surface area contributed by atoms with Crippen LogP contribution in [0.4, 0.5) is 11.4 Å². The molecule has 0 unspecified atom stereocenters. The summed E-state index contributed by atoms with van der Waals surface area (Å²) < 4.78 is 5.59. The highest BCUT2D eigenvalue weighted by Crippen LogP contribution is 2.22. The third kappa shape index (κ3) is 5.38. The molecule has 0 spiro atoms. The minimum atomic E-state index is 0.0272. The van der Waals surface area contributed by atoms with Crippen LogP contribution >= 0.6 is 0 Å². The van der Waals surface area contributed by atoms with Gasteiger partial charge in [-0.1, -0.05) is 48.5 Å². The van der Waals surface area contributed by atoms with Crippen molar-refractivity contribution in [3.63, 3.8) is 0 Å². The van der Waals surface area contributed by atoms with Gasteiger partial charge in [0, 0.05) is 30.6 Å². The summed E-state index contributed by atoms with van der Waals surface area (Å²) >= 11 is 0. The molecule has 3 rings (SSSR count). The molecule has 0 aliphatic carbocycles. The highest BCUT2D eigenvalue weighted by Gasteiger charge is 2.03. The van der Waals surface area contributed by atoms with Crippen molar-refractivity contribution in [1.29, 1.82) is 0 Å². The van der Waals surface area contributed by atoms with Crippen LogP contribution in [0.3, 0.4) is 0 Å². The average molecular weight is 363 g/mol. The lowest BCUT2D eigenvalue weighted by atomic mass is 10.1. The predicted molar refractivity (Wildman–Crippen MR) is 111 cm³/mol. The highest BCUT2D eigenvalue weighted by atomic mass is 16.5. The van der Waals surface area contributed by atoms with Crippen LogP contribution < -0.4 is 21.1 Å². The first-order chi connectivity index (χ1) is 13.2. The monoisotopic (exact) mass is 363 g/mol. The first-order valence-corrected chi connectivity index (χ1v) is 9.19. The fraction of sp³-hybridized carbons (Fsp3) is 0.227. The first-order valence-electron chi connectivity index (χ1n) is 9.19. The van der Waals surface area contributed by atoms with E-state index in [-0.39, 0.29) is 5.91 Å². The third-order valence-electron chi connectivity index (χ3n) is 4.28. The molecule has 0 saturated heterocycles. The molecule has 3 aromatic carbocycles. The number of rotatable bonds is 9. The van der Waals surface area contributed by atoms with Crippen molar-refractivity contribution in [2.24, 2.45) is 0 Å². The van der Waals surface area contributed by atoms with Crippen molar-refractivity contribution in [3.05, 3.63) is 66.7 Å². The lowest BCUT2D eigenvalue weighted by Crippen LogP contribution is -2.28. The normalized spacial score (nSPS) is 10.5. The predicted octanol–water partition coefficient (Wildman–Crippen LogP) is 3.81. The maximum atomic E-state index is 11.9. The number of amides is 1. The molecule has 1 amide bonds. The van der Waals surface area contributed by atoms with E-state index in [1.54, 1.807) is 6.07 Å². The second kappa shape index (κ2) is 9.48. The lowest BCUT2D eigenvalue weighted by molar-refractivity contribution is -0.121. The van der Waals surface area contributed by atoms with Gasteiger partial charge >= 0.3 is 0 Å². The summed E-state index contributed by atoms with van der Waals surface area (Å²) in [6, 6.07) is 21.8. The van der Waals surface area contributed by atoms with E-state index in [0.717, 1.165) is 5.69 Å². The van der Waals surface area contributed by atoms with Crippen LogP contribution in [0.25, 0.3) is 10.8 Å². The molecule has 0 aliphatic heterocycles. The quantitative estimate of drug-likeness (QED) is 0.399. The molecule has 5 nitrogen and oxygen atoms in total. The Morgan fingerprint density at radius 1 is 0.926 bits per heavy atom. The second-order valence-electron chi connectivity index (χ2n) is 6.29. The number of nitrogens with two attached hydrogens (primary N) is 1. The number of nitrogens with one attached hydrogen (secondary N) is 2. The van der Waals surface area contributed by atoms with Gasteiger partial charge in [0.25, 0.3) is 0 Å². The molecule has 4 N–H and O–H groups in total. The van der Waals surface area contributed by atoms with Crippen molar-refractivity contribution in [3.8, 4) is 5.75 Å². The number of benzene rings is 3. The van der Waals surface area contributed by atoms with Crippen molar-refractivity contribution in [2.75, 3.05) is 30.7 Å². The van der Waals surface area contributed by atoms with Gasteiger partial charge in [0.2, 0.25) is 5.91 Å². The zero-order valence-electron chi connectivity index (χ0n) is 15.3. The summed E-state index contributed by atoms with van der Waals surface area (Å²) in [6.45, 7) is 1.72. The Morgan fingerprint density at radius 3 is 2.59 bits per heavy atom. The summed E-state index contributed by atoms with van der Waals surface area (Å²) in [5.41, 5.74) is 7.51.